The molecule has 0 aliphatic carbocycles. The predicted molar refractivity (Wildman–Crippen MR) is 112 cm³/mol. The minimum absolute atomic E-state index is 0.231. The lowest BCUT2D eigenvalue weighted by atomic mass is 10.2. The average molecular weight is 403 g/mol. The van der Waals surface area contributed by atoms with Crippen LogP contribution in [0.4, 0.5) is 0 Å². The highest BCUT2D eigenvalue weighted by atomic mass is 35.5. The van der Waals surface area contributed by atoms with Crippen LogP contribution in [0.5, 0.6) is 0 Å². The van der Waals surface area contributed by atoms with Crippen LogP contribution >= 0.6 is 11.6 Å². The van der Waals surface area contributed by atoms with Crippen molar-refractivity contribution in [3.63, 3.8) is 0 Å². The van der Waals surface area contributed by atoms with Crippen LogP contribution in [0.1, 0.15) is 5.56 Å². The van der Waals surface area contributed by atoms with Crippen LogP contribution in [0.25, 0.3) is 34.0 Å². The largest absolute Gasteiger partial charge is 0.461 e. The van der Waals surface area contributed by atoms with Gasteiger partial charge < -0.3 is 4.42 Å². The smallest absolute Gasteiger partial charge is 0.269 e. The number of furan rings is 1. The molecule has 0 N–H and O–H groups in total. The number of halogens is 1. The summed E-state index contributed by atoms with van der Waals surface area (Å²) >= 11 is 6.35. The summed E-state index contributed by atoms with van der Waals surface area (Å²) in [4.78, 5) is 18.3. The third kappa shape index (κ3) is 2.85. The van der Waals surface area contributed by atoms with Crippen LogP contribution in [0.2, 0.25) is 5.02 Å². The van der Waals surface area contributed by atoms with Gasteiger partial charge in [0.2, 0.25) is 0 Å². The van der Waals surface area contributed by atoms with Gasteiger partial charge in [0.25, 0.3) is 5.56 Å². The van der Waals surface area contributed by atoms with Gasteiger partial charge in [0.15, 0.2) is 17.2 Å². The molecule has 3 aromatic heterocycles. The maximum atomic E-state index is 13.5. The zero-order chi connectivity index (χ0) is 20.0. The molecule has 0 aliphatic heterocycles. The minimum atomic E-state index is -0.231. The zero-order valence-corrected chi connectivity index (χ0v) is 16.2. The van der Waals surface area contributed by atoms with Gasteiger partial charge in [0.05, 0.1) is 28.9 Å². The lowest BCUT2D eigenvalue weighted by Gasteiger charge is -2.12. The van der Waals surface area contributed by atoms with Gasteiger partial charge in [0, 0.05) is 0 Å². The van der Waals surface area contributed by atoms with E-state index in [1.165, 1.54) is 6.20 Å². The minimum Gasteiger partial charge on any atom is -0.461 e. The number of fused-ring (bicyclic) bond motifs is 1. The maximum absolute atomic E-state index is 13.5. The Hall–Kier alpha value is -3.64. The van der Waals surface area contributed by atoms with Crippen LogP contribution in [0, 0.1) is 6.92 Å². The molecular weight excluding hydrogens is 388 g/mol. The molecule has 2 aromatic carbocycles. The number of hydrogen-bond acceptors (Lipinski definition) is 4. The van der Waals surface area contributed by atoms with Gasteiger partial charge in [0.1, 0.15) is 5.39 Å². The van der Waals surface area contributed by atoms with Crippen molar-refractivity contribution < 1.29 is 4.42 Å². The lowest BCUT2D eigenvalue weighted by Crippen LogP contribution is -2.22. The lowest BCUT2D eigenvalue weighted by molar-refractivity contribution is 0.574. The maximum Gasteiger partial charge on any atom is 0.269 e. The molecule has 5 aromatic rings. The average Bonchev–Trinajstić information content (AvgIpc) is 3.38. The highest BCUT2D eigenvalue weighted by molar-refractivity contribution is 6.32. The number of para-hydroxylation sites is 1. The molecule has 0 unspecified atom stereocenters. The Kier molecular flexibility index (Phi) is 4.07. The van der Waals surface area contributed by atoms with Gasteiger partial charge in [-0.25, -0.2) is 9.67 Å². The molecule has 0 aliphatic rings. The van der Waals surface area contributed by atoms with E-state index in [9.17, 15) is 4.79 Å². The van der Waals surface area contributed by atoms with Crippen molar-refractivity contribution in [1.29, 1.82) is 0 Å². The molecular formula is C22H15ClN4O2. The molecule has 3 heterocycles. The molecule has 0 spiro atoms. The van der Waals surface area contributed by atoms with E-state index in [2.05, 4.69) is 5.10 Å². The Labute approximate surface area is 170 Å². The molecule has 0 bridgehead atoms. The molecule has 0 radical (unpaired) electrons. The quantitative estimate of drug-likeness (QED) is 0.435. The van der Waals surface area contributed by atoms with Gasteiger partial charge >= 0.3 is 0 Å². The van der Waals surface area contributed by atoms with Gasteiger partial charge in [-0.1, -0.05) is 35.9 Å². The van der Waals surface area contributed by atoms with Crippen molar-refractivity contribution in [2.75, 3.05) is 0 Å². The van der Waals surface area contributed by atoms with Crippen molar-refractivity contribution in [3.05, 3.63) is 94.1 Å². The second kappa shape index (κ2) is 6.76. The summed E-state index contributed by atoms with van der Waals surface area (Å²) in [5.41, 5.74) is 2.58. The van der Waals surface area contributed by atoms with Crippen LogP contribution in [0.3, 0.4) is 0 Å². The van der Waals surface area contributed by atoms with E-state index in [-0.39, 0.29) is 5.56 Å². The van der Waals surface area contributed by atoms with E-state index in [0.717, 1.165) is 5.56 Å². The van der Waals surface area contributed by atoms with Crippen LogP contribution in [-0.2, 0) is 0 Å². The third-order valence-electron chi connectivity index (χ3n) is 4.68. The van der Waals surface area contributed by atoms with E-state index in [0.29, 0.717) is 39.0 Å². The monoisotopic (exact) mass is 402 g/mol. The molecule has 0 amide bonds. The van der Waals surface area contributed by atoms with Crippen molar-refractivity contribution in [1.82, 2.24) is 19.3 Å². The number of aromatic nitrogens is 4. The fraction of sp³-hybridized carbons (Fsp3) is 0.0455. The van der Waals surface area contributed by atoms with E-state index < -0.39 is 0 Å². The standard InChI is InChI=1S/C22H15ClN4O2/c1-14-6-4-7-15(12-14)26-21(19-10-5-11-29-19)25-20-16(22(26)28)13-24-27(20)18-9-3-2-8-17(18)23/h2-13H,1H3. The van der Waals surface area contributed by atoms with Gasteiger partial charge in [-0.3, -0.25) is 9.36 Å². The first-order valence-corrected chi connectivity index (χ1v) is 9.38. The van der Waals surface area contributed by atoms with Crippen molar-refractivity contribution in [2.24, 2.45) is 0 Å². The summed E-state index contributed by atoms with van der Waals surface area (Å²) in [6.07, 6.45) is 3.07. The summed E-state index contributed by atoms with van der Waals surface area (Å²) in [6, 6.07) is 18.5. The number of hydrogen-bond donors (Lipinski definition) is 0. The SMILES string of the molecule is Cc1cccc(-n2c(-c3ccco3)nc3c(cnn3-c3ccccc3Cl)c2=O)c1. The Morgan fingerprint density at radius 2 is 1.90 bits per heavy atom. The van der Waals surface area contributed by atoms with E-state index in [4.69, 9.17) is 21.0 Å². The first-order chi connectivity index (χ1) is 14.1. The Morgan fingerprint density at radius 3 is 2.66 bits per heavy atom. The molecule has 0 fully saturated rings. The van der Waals surface area contributed by atoms with Crippen molar-refractivity contribution >= 4 is 22.6 Å². The Bertz CT molecular complexity index is 1400. The fourth-order valence-electron chi connectivity index (χ4n) is 3.34. The Balaban J connectivity index is 1.87. The molecule has 7 heteroatoms. The molecule has 6 nitrogen and oxygen atoms in total. The molecule has 142 valence electrons. The summed E-state index contributed by atoms with van der Waals surface area (Å²) in [5, 5.41) is 5.29. The number of nitrogens with zero attached hydrogens (tertiary/aromatic N) is 4. The first kappa shape index (κ1) is 17.5. The van der Waals surface area contributed by atoms with Gasteiger partial charge in [-0.15, -0.1) is 0 Å². The third-order valence-corrected chi connectivity index (χ3v) is 5.00. The zero-order valence-electron chi connectivity index (χ0n) is 15.4. The highest BCUT2D eigenvalue weighted by Gasteiger charge is 2.20. The van der Waals surface area contributed by atoms with Gasteiger partial charge in [-0.05, 0) is 48.9 Å². The second-order valence-corrected chi connectivity index (χ2v) is 7.04. The number of benzene rings is 2. The van der Waals surface area contributed by atoms with E-state index in [1.54, 1.807) is 33.7 Å². The fourth-order valence-corrected chi connectivity index (χ4v) is 3.56. The molecule has 5 rings (SSSR count). The first-order valence-electron chi connectivity index (χ1n) is 9.00. The summed E-state index contributed by atoms with van der Waals surface area (Å²) in [7, 11) is 0. The van der Waals surface area contributed by atoms with E-state index >= 15 is 0 Å². The normalized spacial score (nSPS) is 11.2. The summed E-state index contributed by atoms with van der Waals surface area (Å²) in [6.45, 7) is 1.97. The van der Waals surface area contributed by atoms with Crippen LogP contribution in [0.15, 0.2) is 82.3 Å². The Morgan fingerprint density at radius 1 is 1.03 bits per heavy atom. The molecule has 0 saturated heterocycles. The second-order valence-electron chi connectivity index (χ2n) is 6.64. The van der Waals surface area contributed by atoms with E-state index in [1.807, 2.05) is 49.4 Å². The molecule has 0 saturated carbocycles. The van der Waals surface area contributed by atoms with Gasteiger partial charge in [-0.2, -0.15) is 5.10 Å². The highest BCUT2D eigenvalue weighted by Crippen LogP contribution is 2.26. The predicted octanol–water partition coefficient (Wildman–Crippen LogP) is 4.79. The van der Waals surface area contributed by atoms with Crippen LogP contribution in [-0.4, -0.2) is 19.3 Å². The van der Waals surface area contributed by atoms with Crippen molar-refractivity contribution in [2.45, 2.75) is 6.92 Å². The number of rotatable bonds is 3. The topological polar surface area (TPSA) is 65.8 Å². The summed E-state index contributed by atoms with van der Waals surface area (Å²) in [5.74, 6) is 0.879. The number of aryl methyl sites for hydroxylation is 1. The molecule has 0 atom stereocenters. The summed E-state index contributed by atoms with van der Waals surface area (Å²) < 4.78 is 8.71. The van der Waals surface area contributed by atoms with Crippen LogP contribution < -0.4 is 5.56 Å². The van der Waals surface area contributed by atoms with Crippen molar-refractivity contribution in [3.8, 4) is 23.0 Å². The molecule has 29 heavy (non-hydrogen) atoms.